The molecule has 186 valence electrons. The fourth-order valence-corrected chi connectivity index (χ4v) is 5.36. The Morgan fingerprint density at radius 3 is 2.69 bits per heavy atom. The van der Waals surface area contributed by atoms with Gasteiger partial charge in [0, 0.05) is 55.2 Å². The molecule has 3 atom stereocenters. The summed E-state index contributed by atoms with van der Waals surface area (Å²) in [5.41, 5.74) is 9.87. The number of rotatable bonds is 5. The van der Waals surface area contributed by atoms with Crippen molar-refractivity contribution in [2.45, 2.75) is 51.9 Å². The summed E-state index contributed by atoms with van der Waals surface area (Å²) in [6.07, 6.45) is 6.33. The number of allylic oxidation sites excluding steroid dienone is 1. The van der Waals surface area contributed by atoms with Gasteiger partial charge in [-0.2, -0.15) is 5.10 Å². The number of aromatic nitrogens is 2. The summed E-state index contributed by atoms with van der Waals surface area (Å²) in [7, 11) is 1.91. The van der Waals surface area contributed by atoms with Crippen molar-refractivity contribution < 1.29 is 14.7 Å². The first kappa shape index (κ1) is 23.4. The molecule has 1 aliphatic carbocycles. The molecule has 1 unspecified atom stereocenters. The number of hydrogen-bond acceptors (Lipinski definition) is 6. The van der Waals surface area contributed by atoms with Gasteiger partial charge in [-0.3, -0.25) is 9.80 Å². The molecule has 2 aromatic rings. The van der Waals surface area contributed by atoms with E-state index in [2.05, 4.69) is 28.2 Å². The van der Waals surface area contributed by atoms with Crippen molar-refractivity contribution in [3.05, 3.63) is 59.2 Å². The minimum atomic E-state index is -0.958. The molecule has 1 aromatic carbocycles. The van der Waals surface area contributed by atoms with Crippen LogP contribution in [0, 0.1) is 11.3 Å². The van der Waals surface area contributed by atoms with E-state index in [1.165, 1.54) is 6.20 Å². The lowest BCUT2D eigenvalue weighted by molar-refractivity contribution is -0.140. The topological polar surface area (TPSA) is 103 Å². The summed E-state index contributed by atoms with van der Waals surface area (Å²) >= 11 is 0. The maximum absolute atomic E-state index is 12.9. The Balaban J connectivity index is 1.43. The summed E-state index contributed by atoms with van der Waals surface area (Å²) in [6, 6.07) is 8.20. The van der Waals surface area contributed by atoms with Crippen LogP contribution in [0.3, 0.4) is 0 Å². The molecular formula is C26H34N6O3. The molecule has 2 fully saturated rings. The number of carboxylic acid groups (broad SMARTS) is 1. The van der Waals surface area contributed by atoms with Crippen LogP contribution in [0.4, 0.5) is 0 Å². The van der Waals surface area contributed by atoms with Gasteiger partial charge in [-0.15, -0.1) is 5.53 Å². The second kappa shape index (κ2) is 8.71. The van der Waals surface area contributed by atoms with E-state index >= 15 is 0 Å². The number of hydrogen-bond donors (Lipinski definition) is 3. The summed E-state index contributed by atoms with van der Waals surface area (Å²) in [4.78, 5) is 26.9. The molecule has 5 rings (SSSR count). The Hall–Kier alpha value is -3.33. The maximum Gasteiger partial charge on any atom is 0.339 e. The van der Waals surface area contributed by atoms with Crippen molar-refractivity contribution >= 4 is 11.9 Å². The quantitative estimate of drug-likeness (QED) is 0.606. The first-order valence-electron chi connectivity index (χ1n) is 12.3. The van der Waals surface area contributed by atoms with Crippen LogP contribution in [0.2, 0.25) is 0 Å². The van der Waals surface area contributed by atoms with Gasteiger partial charge in [0.1, 0.15) is 5.56 Å². The average Bonchev–Trinajstić information content (AvgIpc) is 3.27. The Kier molecular flexibility index (Phi) is 5.83. The Morgan fingerprint density at radius 2 is 2.00 bits per heavy atom. The molecular weight excluding hydrogens is 444 g/mol. The van der Waals surface area contributed by atoms with Gasteiger partial charge in [-0.05, 0) is 37.0 Å². The summed E-state index contributed by atoms with van der Waals surface area (Å²) in [5.74, 6) is -0.224. The van der Waals surface area contributed by atoms with Gasteiger partial charge in [0.25, 0.3) is 0 Å². The highest BCUT2D eigenvalue weighted by atomic mass is 16.4. The van der Waals surface area contributed by atoms with Gasteiger partial charge < -0.3 is 15.4 Å². The SMILES string of the molecule is CN1C=C([C@@H]2C[C@H]2c2c(C(=O)O)cnn2-c2cccc(C3CCCN(C(=O)C(C)(C)C)C3)c2)NN1. The molecule has 0 bridgehead atoms. The zero-order valence-corrected chi connectivity index (χ0v) is 20.8. The molecule has 3 heterocycles. The van der Waals surface area contributed by atoms with Gasteiger partial charge in [0.15, 0.2) is 0 Å². The largest absolute Gasteiger partial charge is 0.478 e. The van der Waals surface area contributed by atoms with E-state index in [1.54, 1.807) is 4.68 Å². The van der Waals surface area contributed by atoms with Crippen LogP contribution in [-0.4, -0.2) is 56.8 Å². The standard InChI is InChI=1S/C26H34N6O3/c1-26(2,3)25(35)31-10-6-8-17(14-31)16-7-5-9-18(11-16)32-23(21(13-27-32)24(33)34)20-12-19(20)22-15-30(4)29-28-22/h5,7,9,11,13,15,17,19-20,28-29H,6,8,10,12,14H2,1-4H3,(H,33,34)/t17?,19-,20-/m1/s1. The number of carbonyl (C=O) groups excluding carboxylic acids is 1. The number of benzene rings is 1. The fraction of sp³-hybridized carbons (Fsp3) is 0.500. The first-order chi connectivity index (χ1) is 16.6. The lowest BCUT2D eigenvalue weighted by atomic mass is 9.87. The van der Waals surface area contributed by atoms with Gasteiger partial charge in [0.2, 0.25) is 5.91 Å². The molecule has 9 nitrogen and oxygen atoms in total. The molecule has 1 saturated heterocycles. The molecule has 2 aliphatic heterocycles. The number of amides is 1. The maximum atomic E-state index is 12.9. The minimum absolute atomic E-state index is 0.0777. The number of nitrogens with one attached hydrogen (secondary N) is 2. The van der Waals surface area contributed by atoms with E-state index in [9.17, 15) is 14.7 Å². The number of hydrazine groups is 2. The van der Waals surface area contributed by atoms with Crippen LogP contribution in [0.15, 0.2) is 42.4 Å². The number of piperidine rings is 1. The van der Waals surface area contributed by atoms with Gasteiger partial charge >= 0.3 is 5.97 Å². The fourth-order valence-electron chi connectivity index (χ4n) is 5.36. The number of carboxylic acids is 1. The van der Waals surface area contributed by atoms with Crippen molar-refractivity contribution in [3.63, 3.8) is 0 Å². The lowest BCUT2D eigenvalue weighted by Gasteiger charge is -2.36. The molecule has 35 heavy (non-hydrogen) atoms. The average molecular weight is 479 g/mol. The van der Waals surface area contributed by atoms with Crippen LogP contribution >= 0.6 is 0 Å². The smallest absolute Gasteiger partial charge is 0.339 e. The molecule has 3 aliphatic rings. The third kappa shape index (κ3) is 4.52. The highest BCUT2D eigenvalue weighted by Crippen LogP contribution is 2.52. The molecule has 1 aromatic heterocycles. The van der Waals surface area contributed by atoms with Gasteiger partial charge in [-0.25, -0.2) is 9.48 Å². The first-order valence-corrected chi connectivity index (χ1v) is 12.3. The monoisotopic (exact) mass is 478 g/mol. The van der Waals surface area contributed by atoms with Crippen LogP contribution in [0.25, 0.3) is 5.69 Å². The molecule has 3 N–H and O–H groups in total. The lowest BCUT2D eigenvalue weighted by Crippen LogP contribution is -2.44. The van der Waals surface area contributed by atoms with Crippen molar-refractivity contribution in [1.82, 2.24) is 30.6 Å². The predicted octanol–water partition coefficient (Wildman–Crippen LogP) is 3.22. The Morgan fingerprint density at radius 1 is 1.20 bits per heavy atom. The van der Waals surface area contributed by atoms with Gasteiger partial charge in [0.05, 0.1) is 17.6 Å². The Labute approximate surface area is 205 Å². The predicted molar refractivity (Wildman–Crippen MR) is 131 cm³/mol. The molecule has 1 saturated carbocycles. The zero-order valence-electron chi connectivity index (χ0n) is 20.8. The number of likely N-dealkylation sites (tertiary alicyclic amines) is 1. The van der Waals surface area contributed by atoms with Crippen LogP contribution in [0.1, 0.15) is 73.5 Å². The molecule has 1 amide bonds. The number of carbonyl (C=O) groups is 2. The molecule has 0 radical (unpaired) electrons. The van der Waals surface area contributed by atoms with Crippen LogP contribution in [0.5, 0.6) is 0 Å². The second-order valence-corrected chi connectivity index (χ2v) is 11.0. The van der Waals surface area contributed by atoms with E-state index in [0.717, 1.165) is 48.4 Å². The minimum Gasteiger partial charge on any atom is -0.478 e. The van der Waals surface area contributed by atoms with Gasteiger partial charge in [-0.1, -0.05) is 32.9 Å². The van der Waals surface area contributed by atoms with Crippen molar-refractivity contribution in [2.24, 2.45) is 11.3 Å². The van der Waals surface area contributed by atoms with Crippen molar-refractivity contribution in [3.8, 4) is 5.69 Å². The normalized spacial score (nSPS) is 24.2. The van der Waals surface area contributed by atoms with E-state index in [4.69, 9.17) is 0 Å². The van der Waals surface area contributed by atoms with E-state index in [0.29, 0.717) is 6.54 Å². The summed E-state index contributed by atoms with van der Waals surface area (Å²) in [6.45, 7) is 7.41. The van der Waals surface area contributed by atoms with Crippen molar-refractivity contribution in [1.29, 1.82) is 0 Å². The highest BCUT2D eigenvalue weighted by molar-refractivity contribution is 5.89. The Bertz CT molecular complexity index is 1180. The zero-order chi connectivity index (χ0) is 24.9. The molecule has 0 spiro atoms. The number of nitrogens with zero attached hydrogens (tertiary/aromatic N) is 4. The van der Waals surface area contributed by atoms with E-state index < -0.39 is 11.4 Å². The third-order valence-electron chi connectivity index (χ3n) is 7.22. The van der Waals surface area contributed by atoms with Crippen molar-refractivity contribution in [2.75, 3.05) is 20.1 Å². The number of aromatic carboxylic acids is 1. The van der Waals surface area contributed by atoms with Crippen LogP contribution in [-0.2, 0) is 4.79 Å². The summed E-state index contributed by atoms with van der Waals surface area (Å²) in [5, 5.41) is 16.2. The summed E-state index contributed by atoms with van der Waals surface area (Å²) < 4.78 is 1.80. The molecule has 9 heteroatoms. The highest BCUT2D eigenvalue weighted by Gasteiger charge is 2.46. The third-order valence-corrected chi connectivity index (χ3v) is 7.22. The van der Waals surface area contributed by atoms with E-state index in [-0.39, 0.29) is 29.2 Å². The second-order valence-electron chi connectivity index (χ2n) is 11.0. The van der Waals surface area contributed by atoms with E-state index in [1.807, 2.05) is 56.1 Å². The van der Waals surface area contributed by atoms with Crippen LogP contribution < -0.4 is 11.0 Å².